The van der Waals surface area contributed by atoms with Gasteiger partial charge in [0.15, 0.2) is 0 Å². The molecule has 0 aliphatic heterocycles. The van der Waals surface area contributed by atoms with Gasteiger partial charge in [-0.3, -0.25) is 5.43 Å². The van der Waals surface area contributed by atoms with Crippen molar-refractivity contribution in [3.05, 3.63) is 0 Å². The molecule has 0 aliphatic carbocycles. The van der Waals surface area contributed by atoms with Crippen LogP contribution in [-0.2, 0) is 0 Å². The smallest absolute Gasteiger partial charge is 0.0635 e. The highest BCUT2D eigenvalue weighted by atomic mass is 15.5. The summed E-state index contributed by atoms with van der Waals surface area (Å²) < 4.78 is 0. The van der Waals surface area contributed by atoms with Crippen LogP contribution in [0.3, 0.4) is 0 Å². The number of nitrogens with zero attached hydrogens (tertiary/aromatic N) is 3. The third-order valence-corrected chi connectivity index (χ3v) is 1.30. The molecule has 4 heteroatoms. The first-order valence-corrected chi connectivity index (χ1v) is 3.51. The van der Waals surface area contributed by atoms with Crippen LogP contribution in [0.5, 0.6) is 0 Å². The topological polar surface area (TPSA) is 62.9 Å². The minimum absolute atomic E-state index is 0.492. The summed E-state index contributed by atoms with van der Waals surface area (Å²) in [5.41, 5.74) is 2.90. The molecule has 0 amide bonds. The average Bonchev–Trinajstić information content (AvgIpc) is 2.05. The number of hydrogen-bond acceptors (Lipinski definition) is 4. The van der Waals surface area contributed by atoms with Crippen LogP contribution in [0.15, 0.2) is 0 Å². The lowest BCUT2D eigenvalue weighted by Gasteiger charge is -2.17. The van der Waals surface area contributed by atoms with E-state index < -0.39 is 0 Å². The van der Waals surface area contributed by atoms with Crippen molar-refractivity contribution in [2.45, 2.75) is 12.8 Å². The molecule has 0 saturated heterocycles. The standard InChI is InChI=1S/C7H12N4/c1-10-11(6-2-4-8)7-3-5-9/h10H,2-3,6-7H2,1H3. The van der Waals surface area contributed by atoms with Crippen LogP contribution >= 0.6 is 0 Å². The van der Waals surface area contributed by atoms with E-state index in [0.29, 0.717) is 25.9 Å². The molecule has 0 radical (unpaired) electrons. The fourth-order valence-corrected chi connectivity index (χ4v) is 0.705. The number of hydrogen-bond donors (Lipinski definition) is 1. The van der Waals surface area contributed by atoms with Crippen molar-refractivity contribution in [1.82, 2.24) is 10.4 Å². The highest BCUT2D eigenvalue weighted by Gasteiger charge is 1.98. The maximum Gasteiger partial charge on any atom is 0.0635 e. The Hall–Kier alpha value is -1.10. The predicted molar refractivity (Wildman–Crippen MR) is 41.1 cm³/mol. The van der Waals surface area contributed by atoms with E-state index >= 15 is 0 Å². The molecule has 0 aromatic carbocycles. The second-order valence-electron chi connectivity index (χ2n) is 2.03. The molecule has 0 spiro atoms. The molecule has 0 saturated carbocycles. The number of nitriles is 2. The first kappa shape index (κ1) is 9.90. The summed E-state index contributed by atoms with van der Waals surface area (Å²) >= 11 is 0. The van der Waals surface area contributed by atoms with E-state index in [1.807, 2.05) is 17.1 Å². The first-order valence-electron chi connectivity index (χ1n) is 3.51. The van der Waals surface area contributed by atoms with Crippen molar-refractivity contribution in [1.29, 1.82) is 10.5 Å². The van der Waals surface area contributed by atoms with Gasteiger partial charge in [-0.25, -0.2) is 5.01 Å². The molecule has 0 atom stereocenters. The molecule has 1 N–H and O–H groups in total. The second kappa shape index (κ2) is 7.01. The van der Waals surface area contributed by atoms with Crippen molar-refractivity contribution in [2.24, 2.45) is 0 Å². The molecule has 0 aromatic heterocycles. The molecule has 0 bridgehead atoms. The average molecular weight is 152 g/mol. The first-order chi connectivity index (χ1) is 5.35. The lowest BCUT2D eigenvalue weighted by molar-refractivity contribution is 0.217. The number of rotatable bonds is 5. The molecular weight excluding hydrogens is 140 g/mol. The monoisotopic (exact) mass is 152 g/mol. The van der Waals surface area contributed by atoms with Crippen molar-refractivity contribution in [3.8, 4) is 12.1 Å². The zero-order valence-electron chi connectivity index (χ0n) is 6.67. The van der Waals surface area contributed by atoms with E-state index in [-0.39, 0.29) is 0 Å². The Kier molecular flexibility index (Phi) is 6.31. The van der Waals surface area contributed by atoms with Crippen molar-refractivity contribution < 1.29 is 0 Å². The molecule has 60 valence electrons. The molecule has 11 heavy (non-hydrogen) atoms. The van der Waals surface area contributed by atoms with E-state index in [1.165, 1.54) is 0 Å². The van der Waals surface area contributed by atoms with E-state index in [9.17, 15) is 0 Å². The Morgan fingerprint density at radius 2 is 1.64 bits per heavy atom. The van der Waals surface area contributed by atoms with Gasteiger partial charge in [0, 0.05) is 25.9 Å². The second-order valence-corrected chi connectivity index (χ2v) is 2.03. The van der Waals surface area contributed by atoms with Gasteiger partial charge < -0.3 is 0 Å². The third-order valence-electron chi connectivity index (χ3n) is 1.30. The summed E-state index contributed by atoms with van der Waals surface area (Å²) in [6, 6.07) is 4.09. The van der Waals surface area contributed by atoms with E-state index in [4.69, 9.17) is 10.5 Å². The summed E-state index contributed by atoms with van der Waals surface area (Å²) in [5, 5.41) is 18.4. The fourth-order valence-electron chi connectivity index (χ4n) is 0.705. The summed E-state index contributed by atoms with van der Waals surface area (Å²) in [5.74, 6) is 0. The van der Waals surface area contributed by atoms with Crippen LogP contribution in [0.4, 0.5) is 0 Å². The molecule has 4 nitrogen and oxygen atoms in total. The number of nitrogens with one attached hydrogen (secondary N) is 1. The van der Waals surface area contributed by atoms with Gasteiger partial charge >= 0.3 is 0 Å². The Morgan fingerprint density at radius 1 is 1.18 bits per heavy atom. The Balaban J connectivity index is 3.44. The highest BCUT2D eigenvalue weighted by Crippen LogP contribution is 1.87. The SMILES string of the molecule is CNN(CCC#N)CCC#N. The van der Waals surface area contributed by atoms with Crippen LogP contribution in [0, 0.1) is 22.7 Å². The van der Waals surface area contributed by atoms with Gasteiger partial charge in [0.2, 0.25) is 0 Å². The maximum absolute atomic E-state index is 8.27. The molecule has 0 rings (SSSR count). The predicted octanol–water partition coefficient (Wildman–Crippen LogP) is 0.250. The largest absolute Gasteiger partial charge is 0.258 e. The summed E-state index contributed by atoms with van der Waals surface area (Å²) in [4.78, 5) is 0. The lowest BCUT2D eigenvalue weighted by Crippen LogP contribution is -2.36. The van der Waals surface area contributed by atoms with Crippen molar-refractivity contribution in [2.75, 3.05) is 20.1 Å². The van der Waals surface area contributed by atoms with Crippen LogP contribution < -0.4 is 5.43 Å². The van der Waals surface area contributed by atoms with Crippen LogP contribution in [-0.4, -0.2) is 25.1 Å². The Morgan fingerprint density at radius 3 is 1.91 bits per heavy atom. The lowest BCUT2D eigenvalue weighted by atomic mass is 10.4. The summed E-state index contributed by atoms with van der Waals surface area (Å²) in [6.45, 7) is 1.35. The molecule has 0 heterocycles. The van der Waals surface area contributed by atoms with E-state index in [1.54, 1.807) is 7.05 Å². The van der Waals surface area contributed by atoms with Gasteiger partial charge in [-0.05, 0) is 7.05 Å². The molecule has 0 aromatic rings. The van der Waals surface area contributed by atoms with Gasteiger partial charge in [-0.2, -0.15) is 10.5 Å². The van der Waals surface area contributed by atoms with Gasteiger partial charge in [0.1, 0.15) is 0 Å². The minimum Gasteiger partial charge on any atom is -0.258 e. The van der Waals surface area contributed by atoms with Gasteiger partial charge in [0.05, 0.1) is 12.1 Å². The summed E-state index contributed by atoms with van der Waals surface area (Å²) in [7, 11) is 1.79. The summed E-state index contributed by atoms with van der Waals surface area (Å²) in [6.07, 6.45) is 0.985. The third kappa shape index (κ3) is 5.35. The molecular formula is C7H12N4. The fraction of sp³-hybridized carbons (Fsp3) is 0.714. The molecule has 0 unspecified atom stereocenters. The van der Waals surface area contributed by atoms with Gasteiger partial charge in [-0.1, -0.05) is 0 Å². The van der Waals surface area contributed by atoms with Crippen LogP contribution in [0.25, 0.3) is 0 Å². The Bertz CT molecular complexity index is 146. The highest BCUT2D eigenvalue weighted by molar-refractivity contribution is 4.74. The maximum atomic E-state index is 8.27. The molecule has 0 aliphatic rings. The minimum atomic E-state index is 0.492. The van der Waals surface area contributed by atoms with Crippen LogP contribution in [0.1, 0.15) is 12.8 Å². The van der Waals surface area contributed by atoms with Gasteiger partial charge in [-0.15, -0.1) is 0 Å². The van der Waals surface area contributed by atoms with Crippen molar-refractivity contribution >= 4 is 0 Å². The van der Waals surface area contributed by atoms with Crippen LogP contribution in [0.2, 0.25) is 0 Å². The quantitative estimate of drug-likeness (QED) is 0.573. The van der Waals surface area contributed by atoms with Gasteiger partial charge in [0.25, 0.3) is 0 Å². The van der Waals surface area contributed by atoms with E-state index in [0.717, 1.165) is 0 Å². The zero-order chi connectivity index (χ0) is 8.53. The molecule has 0 fully saturated rings. The normalized spacial score (nSPS) is 9.09. The number of hydrazine groups is 1. The van der Waals surface area contributed by atoms with Crippen molar-refractivity contribution in [3.63, 3.8) is 0 Å². The van der Waals surface area contributed by atoms with E-state index in [2.05, 4.69) is 5.43 Å². The Labute approximate surface area is 67.0 Å². The zero-order valence-corrected chi connectivity index (χ0v) is 6.67.